The minimum Gasteiger partial charge on any atom is -0.272 e. The van der Waals surface area contributed by atoms with E-state index >= 15 is 0 Å². The molecule has 3 aromatic rings. The van der Waals surface area contributed by atoms with Crippen molar-refractivity contribution >= 4 is 11.6 Å². The van der Waals surface area contributed by atoms with E-state index < -0.39 is 5.92 Å². The molecule has 5 heteroatoms. The van der Waals surface area contributed by atoms with Gasteiger partial charge in [0.25, 0.3) is 5.91 Å². The highest BCUT2D eigenvalue weighted by Crippen LogP contribution is 2.25. The van der Waals surface area contributed by atoms with Crippen LogP contribution >= 0.6 is 0 Å². The van der Waals surface area contributed by atoms with E-state index in [1.165, 1.54) is 0 Å². The summed E-state index contributed by atoms with van der Waals surface area (Å²) in [5.41, 5.74) is 5.95. The first-order valence-corrected chi connectivity index (χ1v) is 9.45. The van der Waals surface area contributed by atoms with Crippen LogP contribution in [0.25, 0.3) is 0 Å². The van der Waals surface area contributed by atoms with Crippen LogP contribution in [0.4, 0.5) is 0 Å². The highest BCUT2D eigenvalue weighted by molar-refractivity contribution is 6.10. The van der Waals surface area contributed by atoms with Crippen LogP contribution < -0.4 is 5.43 Å². The van der Waals surface area contributed by atoms with Gasteiger partial charge in [0.2, 0.25) is 0 Å². The second-order valence-corrected chi connectivity index (χ2v) is 6.32. The van der Waals surface area contributed by atoms with Crippen LogP contribution in [0.15, 0.2) is 121 Å². The molecule has 148 valence electrons. The lowest BCUT2D eigenvalue weighted by Crippen LogP contribution is -2.28. The highest BCUT2D eigenvalue weighted by Gasteiger charge is 2.23. The number of hydrazone groups is 1. The Bertz CT molecular complexity index is 1020. The number of allylic oxidation sites excluding steroid dienone is 3. The normalized spacial score (nSPS) is 11.8. The first kappa shape index (κ1) is 20.6. The van der Waals surface area contributed by atoms with E-state index in [2.05, 4.69) is 33.7 Å². The molecule has 0 saturated carbocycles. The van der Waals surface area contributed by atoms with Crippen molar-refractivity contribution in [1.82, 2.24) is 15.4 Å². The van der Waals surface area contributed by atoms with E-state index in [9.17, 15) is 4.79 Å². The molecule has 1 atom stereocenters. The fourth-order valence-corrected chi connectivity index (χ4v) is 2.99. The molecule has 5 nitrogen and oxygen atoms in total. The standard InChI is InChI=1S/C25H22N4O/c1-3-12-19(4-2)23(20-13-6-5-7-14-20)25(30)29-28-24(21-15-8-10-17-26-21)22-16-9-11-18-27-22/h3-18,23H,1-2H2,(H,29,30)/b19-12+. The van der Waals surface area contributed by atoms with Gasteiger partial charge in [-0.05, 0) is 35.4 Å². The average molecular weight is 394 g/mol. The van der Waals surface area contributed by atoms with Crippen LogP contribution in [-0.2, 0) is 4.79 Å². The molecule has 0 saturated heterocycles. The van der Waals surface area contributed by atoms with Gasteiger partial charge in [0.15, 0.2) is 0 Å². The molecule has 0 bridgehead atoms. The van der Waals surface area contributed by atoms with Crippen molar-refractivity contribution in [2.75, 3.05) is 0 Å². The first-order chi connectivity index (χ1) is 14.7. The number of benzene rings is 1. The number of rotatable bonds is 8. The molecule has 1 unspecified atom stereocenters. The summed E-state index contributed by atoms with van der Waals surface area (Å²) >= 11 is 0. The molecule has 1 aromatic carbocycles. The van der Waals surface area contributed by atoms with Gasteiger partial charge in [-0.2, -0.15) is 5.10 Å². The molecule has 0 radical (unpaired) electrons. The third-order valence-corrected chi connectivity index (χ3v) is 4.37. The topological polar surface area (TPSA) is 67.2 Å². The van der Waals surface area contributed by atoms with Crippen molar-refractivity contribution in [2.45, 2.75) is 5.92 Å². The van der Waals surface area contributed by atoms with Gasteiger partial charge in [0.05, 0.1) is 17.3 Å². The molecule has 0 fully saturated rings. The molecule has 0 spiro atoms. The van der Waals surface area contributed by atoms with Crippen molar-refractivity contribution in [1.29, 1.82) is 0 Å². The minimum atomic E-state index is -0.584. The van der Waals surface area contributed by atoms with Crippen LogP contribution in [0.3, 0.4) is 0 Å². The average Bonchev–Trinajstić information content (AvgIpc) is 2.81. The number of carbonyl (C=O) groups excluding carboxylic acids is 1. The molecule has 2 aromatic heterocycles. The van der Waals surface area contributed by atoms with Crippen LogP contribution in [-0.4, -0.2) is 21.6 Å². The van der Waals surface area contributed by atoms with E-state index in [1.54, 1.807) is 30.6 Å². The van der Waals surface area contributed by atoms with Crippen molar-refractivity contribution in [3.05, 3.63) is 133 Å². The fourth-order valence-electron chi connectivity index (χ4n) is 2.99. The van der Waals surface area contributed by atoms with Crippen molar-refractivity contribution in [3.63, 3.8) is 0 Å². The summed E-state index contributed by atoms with van der Waals surface area (Å²) in [6.45, 7) is 7.58. The Morgan fingerprint density at radius 1 is 0.900 bits per heavy atom. The zero-order valence-electron chi connectivity index (χ0n) is 16.5. The van der Waals surface area contributed by atoms with Crippen LogP contribution in [0.2, 0.25) is 0 Å². The molecular formula is C25H22N4O. The van der Waals surface area contributed by atoms with Gasteiger partial charge < -0.3 is 0 Å². The number of aromatic nitrogens is 2. The second-order valence-electron chi connectivity index (χ2n) is 6.32. The smallest absolute Gasteiger partial charge is 0.252 e. The third-order valence-electron chi connectivity index (χ3n) is 4.37. The number of nitrogens with one attached hydrogen (secondary N) is 1. The lowest BCUT2D eigenvalue weighted by atomic mass is 9.90. The maximum Gasteiger partial charge on any atom is 0.252 e. The highest BCUT2D eigenvalue weighted by atomic mass is 16.2. The Hall–Kier alpha value is -4.12. The number of carbonyl (C=O) groups is 1. The number of pyridine rings is 2. The summed E-state index contributed by atoms with van der Waals surface area (Å²) in [4.78, 5) is 21.9. The first-order valence-electron chi connectivity index (χ1n) is 9.45. The molecular weight excluding hydrogens is 372 g/mol. The summed E-state index contributed by atoms with van der Waals surface area (Å²) in [7, 11) is 0. The number of amides is 1. The van der Waals surface area contributed by atoms with Gasteiger partial charge in [-0.3, -0.25) is 14.8 Å². The van der Waals surface area contributed by atoms with Crippen LogP contribution in [0.1, 0.15) is 22.9 Å². The van der Waals surface area contributed by atoms with Gasteiger partial charge in [-0.25, -0.2) is 5.43 Å². The second kappa shape index (κ2) is 10.4. The molecule has 1 N–H and O–H groups in total. The maximum absolute atomic E-state index is 13.2. The van der Waals surface area contributed by atoms with Crippen molar-refractivity contribution < 1.29 is 4.79 Å². The van der Waals surface area contributed by atoms with Gasteiger partial charge in [0, 0.05) is 12.4 Å². The lowest BCUT2D eigenvalue weighted by molar-refractivity contribution is -0.121. The Morgan fingerprint density at radius 3 is 2.00 bits per heavy atom. The molecule has 30 heavy (non-hydrogen) atoms. The summed E-state index contributed by atoms with van der Waals surface area (Å²) in [5.74, 6) is -0.877. The molecule has 0 aliphatic rings. The van der Waals surface area contributed by atoms with Gasteiger partial charge in [0.1, 0.15) is 5.71 Å². The fraction of sp³-hybridized carbons (Fsp3) is 0.0400. The summed E-state index contributed by atoms with van der Waals surface area (Å²) < 4.78 is 0. The van der Waals surface area contributed by atoms with Gasteiger partial charge >= 0.3 is 0 Å². The van der Waals surface area contributed by atoms with Gasteiger partial charge in [-0.15, -0.1) is 0 Å². The minimum absolute atomic E-state index is 0.293. The third kappa shape index (κ3) is 5.02. The lowest BCUT2D eigenvalue weighted by Gasteiger charge is -2.17. The quantitative estimate of drug-likeness (QED) is 0.349. The zero-order chi connectivity index (χ0) is 21.2. The Labute approximate surface area is 176 Å². The maximum atomic E-state index is 13.2. The van der Waals surface area contributed by atoms with E-state index in [-0.39, 0.29) is 5.91 Å². The molecule has 0 aliphatic carbocycles. The molecule has 0 aliphatic heterocycles. The Kier molecular flexibility index (Phi) is 7.17. The monoisotopic (exact) mass is 394 g/mol. The number of nitrogens with zero attached hydrogens (tertiary/aromatic N) is 3. The zero-order valence-corrected chi connectivity index (χ0v) is 16.5. The number of hydrogen-bond acceptors (Lipinski definition) is 4. The van der Waals surface area contributed by atoms with Crippen LogP contribution in [0, 0.1) is 0 Å². The van der Waals surface area contributed by atoms with Crippen molar-refractivity contribution in [2.24, 2.45) is 5.10 Å². The Balaban J connectivity index is 1.99. The Morgan fingerprint density at radius 2 is 1.50 bits per heavy atom. The van der Waals surface area contributed by atoms with E-state index in [0.29, 0.717) is 17.1 Å². The SMILES string of the molecule is C=C/C=C(\C=C)C(C(=O)NN=C(c1ccccn1)c1ccccn1)c1ccccc1. The molecule has 3 rings (SSSR count). The summed E-state index contributed by atoms with van der Waals surface area (Å²) in [6, 6.07) is 20.5. The van der Waals surface area contributed by atoms with Crippen LogP contribution in [0.5, 0.6) is 0 Å². The summed E-state index contributed by atoms with van der Waals surface area (Å²) in [5, 5.41) is 4.39. The van der Waals surface area contributed by atoms with E-state index in [0.717, 1.165) is 11.1 Å². The molecule has 1 amide bonds. The van der Waals surface area contributed by atoms with E-state index in [4.69, 9.17) is 0 Å². The molecule has 2 heterocycles. The predicted octanol–water partition coefficient (Wildman–Crippen LogP) is 4.43. The number of hydrogen-bond donors (Lipinski definition) is 1. The van der Waals surface area contributed by atoms with Gasteiger partial charge in [-0.1, -0.05) is 73.9 Å². The predicted molar refractivity (Wildman–Crippen MR) is 120 cm³/mol. The van der Waals surface area contributed by atoms with Crippen molar-refractivity contribution in [3.8, 4) is 0 Å². The largest absolute Gasteiger partial charge is 0.272 e. The van der Waals surface area contributed by atoms with E-state index in [1.807, 2.05) is 66.7 Å². The summed E-state index contributed by atoms with van der Waals surface area (Å²) in [6.07, 6.45) is 8.40.